The third-order valence-electron chi connectivity index (χ3n) is 3.47. The number of nitrogens with zero attached hydrogens (tertiary/aromatic N) is 1. The second-order valence-electron chi connectivity index (χ2n) is 5.27. The number of halogens is 2. The molecule has 1 aliphatic heterocycles. The topological polar surface area (TPSA) is 69.6 Å². The van der Waals surface area contributed by atoms with Crippen LogP contribution in [0.15, 0.2) is 17.0 Å². The fraction of sp³-hybridized carbons (Fsp3) is 0.538. The summed E-state index contributed by atoms with van der Waals surface area (Å²) in [6.45, 7) is 0.829. The minimum absolute atomic E-state index is 0.00929. The number of aliphatic hydroxyl groups is 1. The second kappa shape index (κ2) is 6.35. The van der Waals surface area contributed by atoms with Gasteiger partial charge in [-0.15, -0.1) is 0 Å². The predicted molar refractivity (Wildman–Crippen MR) is 73.1 cm³/mol. The predicted octanol–water partition coefficient (Wildman–Crippen LogP) is 0.830. The number of benzene rings is 1. The van der Waals surface area contributed by atoms with Crippen molar-refractivity contribution < 1.29 is 22.3 Å². The SMILES string of the molecule is CN1CCCC(NS(=O)(=O)c2cc(CO)cc(F)c2F)C1. The lowest BCUT2D eigenvalue weighted by Crippen LogP contribution is -2.46. The molecule has 5 nitrogen and oxygen atoms in total. The van der Waals surface area contributed by atoms with E-state index in [4.69, 9.17) is 5.11 Å². The molecule has 21 heavy (non-hydrogen) atoms. The van der Waals surface area contributed by atoms with Gasteiger partial charge >= 0.3 is 0 Å². The third-order valence-corrected chi connectivity index (χ3v) is 4.99. The van der Waals surface area contributed by atoms with Gasteiger partial charge in [-0.3, -0.25) is 0 Å². The molecule has 1 saturated heterocycles. The maximum Gasteiger partial charge on any atom is 0.243 e. The number of likely N-dealkylation sites (N-methyl/N-ethyl adjacent to an activating group) is 1. The van der Waals surface area contributed by atoms with Gasteiger partial charge in [0.1, 0.15) is 4.90 Å². The van der Waals surface area contributed by atoms with E-state index in [1.807, 2.05) is 11.9 Å². The van der Waals surface area contributed by atoms with E-state index in [1.165, 1.54) is 0 Å². The Morgan fingerprint density at radius 2 is 2.14 bits per heavy atom. The number of rotatable bonds is 4. The van der Waals surface area contributed by atoms with Crippen LogP contribution in [0.2, 0.25) is 0 Å². The van der Waals surface area contributed by atoms with E-state index in [1.54, 1.807) is 0 Å². The molecule has 1 atom stereocenters. The van der Waals surface area contributed by atoms with Crippen molar-refractivity contribution in [1.82, 2.24) is 9.62 Å². The van der Waals surface area contributed by atoms with Crippen LogP contribution >= 0.6 is 0 Å². The molecule has 0 aliphatic carbocycles. The van der Waals surface area contributed by atoms with Gasteiger partial charge < -0.3 is 10.0 Å². The van der Waals surface area contributed by atoms with Crippen molar-refractivity contribution >= 4 is 10.0 Å². The van der Waals surface area contributed by atoms with Crippen LogP contribution in [-0.4, -0.2) is 44.6 Å². The molecule has 1 heterocycles. The average Bonchev–Trinajstić information content (AvgIpc) is 2.41. The van der Waals surface area contributed by atoms with Gasteiger partial charge in [0.15, 0.2) is 11.6 Å². The normalized spacial score (nSPS) is 20.7. The van der Waals surface area contributed by atoms with E-state index in [2.05, 4.69) is 4.72 Å². The summed E-state index contributed by atoms with van der Waals surface area (Å²) >= 11 is 0. The highest BCUT2D eigenvalue weighted by molar-refractivity contribution is 7.89. The van der Waals surface area contributed by atoms with E-state index >= 15 is 0 Å². The van der Waals surface area contributed by atoms with Crippen molar-refractivity contribution in [2.75, 3.05) is 20.1 Å². The third kappa shape index (κ3) is 3.76. The molecule has 2 N–H and O–H groups in total. The highest BCUT2D eigenvalue weighted by atomic mass is 32.2. The van der Waals surface area contributed by atoms with Crippen LogP contribution in [0, 0.1) is 11.6 Å². The Balaban J connectivity index is 2.29. The fourth-order valence-electron chi connectivity index (χ4n) is 2.45. The Kier molecular flexibility index (Phi) is 4.92. The van der Waals surface area contributed by atoms with E-state index < -0.39 is 33.2 Å². The Morgan fingerprint density at radius 3 is 2.76 bits per heavy atom. The molecule has 1 fully saturated rings. The Morgan fingerprint density at radius 1 is 1.43 bits per heavy atom. The first-order valence-electron chi connectivity index (χ1n) is 6.63. The number of hydrogen-bond acceptors (Lipinski definition) is 4. The zero-order valence-corrected chi connectivity index (χ0v) is 12.5. The molecule has 1 aromatic carbocycles. The van der Waals surface area contributed by atoms with E-state index in [0.717, 1.165) is 25.1 Å². The molecular weight excluding hydrogens is 302 g/mol. The zero-order valence-electron chi connectivity index (χ0n) is 11.6. The van der Waals surface area contributed by atoms with Gasteiger partial charge in [-0.25, -0.2) is 21.9 Å². The average molecular weight is 320 g/mol. The monoisotopic (exact) mass is 320 g/mol. The number of aliphatic hydroxyl groups excluding tert-OH is 1. The number of nitrogens with one attached hydrogen (secondary N) is 1. The molecule has 2 rings (SSSR count). The number of sulfonamides is 1. The van der Waals surface area contributed by atoms with Crippen molar-refractivity contribution in [3.63, 3.8) is 0 Å². The van der Waals surface area contributed by atoms with Crippen LogP contribution < -0.4 is 4.72 Å². The highest BCUT2D eigenvalue weighted by Crippen LogP contribution is 2.21. The number of hydrogen-bond donors (Lipinski definition) is 2. The van der Waals surface area contributed by atoms with E-state index in [9.17, 15) is 17.2 Å². The summed E-state index contributed by atoms with van der Waals surface area (Å²) in [5.41, 5.74) is 0.00929. The van der Waals surface area contributed by atoms with E-state index in [-0.39, 0.29) is 11.6 Å². The van der Waals surface area contributed by atoms with Crippen LogP contribution in [-0.2, 0) is 16.6 Å². The van der Waals surface area contributed by atoms with Crippen LogP contribution in [0.3, 0.4) is 0 Å². The van der Waals surface area contributed by atoms with Crippen LogP contribution in [0.25, 0.3) is 0 Å². The molecule has 118 valence electrons. The molecule has 1 aliphatic rings. The maximum absolute atomic E-state index is 13.8. The minimum atomic E-state index is -4.17. The second-order valence-corrected chi connectivity index (χ2v) is 6.95. The van der Waals surface area contributed by atoms with Gasteiger partial charge in [0, 0.05) is 12.6 Å². The first-order valence-corrected chi connectivity index (χ1v) is 8.11. The summed E-state index contributed by atoms with van der Waals surface area (Å²) in [5, 5.41) is 8.99. The van der Waals surface area contributed by atoms with Crippen molar-refractivity contribution in [2.24, 2.45) is 0 Å². The van der Waals surface area contributed by atoms with Gasteiger partial charge in [-0.1, -0.05) is 0 Å². The summed E-state index contributed by atoms with van der Waals surface area (Å²) < 4.78 is 54.0. The Bertz CT molecular complexity index is 622. The molecule has 0 saturated carbocycles. The van der Waals surface area contributed by atoms with Crippen molar-refractivity contribution in [3.8, 4) is 0 Å². The van der Waals surface area contributed by atoms with Gasteiger partial charge in [0.05, 0.1) is 6.61 Å². The lowest BCUT2D eigenvalue weighted by molar-refractivity contribution is 0.242. The van der Waals surface area contributed by atoms with Gasteiger partial charge in [-0.2, -0.15) is 0 Å². The van der Waals surface area contributed by atoms with Crippen LogP contribution in [0.1, 0.15) is 18.4 Å². The lowest BCUT2D eigenvalue weighted by Gasteiger charge is -2.30. The van der Waals surface area contributed by atoms with Gasteiger partial charge in [0.2, 0.25) is 10.0 Å². The first kappa shape index (κ1) is 16.3. The summed E-state index contributed by atoms with van der Waals surface area (Å²) in [7, 11) is -2.30. The summed E-state index contributed by atoms with van der Waals surface area (Å²) in [6, 6.07) is 1.39. The molecule has 0 amide bonds. The largest absolute Gasteiger partial charge is 0.392 e. The highest BCUT2D eigenvalue weighted by Gasteiger charge is 2.27. The summed E-state index contributed by atoms with van der Waals surface area (Å²) in [4.78, 5) is 1.21. The molecule has 0 spiro atoms. The Hall–Kier alpha value is -1.09. The first-order chi connectivity index (χ1) is 9.83. The Labute approximate surface area is 122 Å². The molecule has 1 aromatic rings. The lowest BCUT2D eigenvalue weighted by atomic mass is 10.1. The number of piperidine rings is 1. The van der Waals surface area contributed by atoms with Crippen molar-refractivity contribution in [2.45, 2.75) is 30.4 Å². The quantitative estimate of drug-likeness (QED) is 0.862. The van der Waals surface area contributed by atoms with Crippen molar-refractivity contribution in [3.05, 3.63) is 29.3 Å². The molecule has 1 unspecified atom stereocenters. The molecule has 0 bridgehead atoms. The van der Waals surface area contributed by atoms with Crippen molar-refractivity contribution in [1.29, 1.82) is 0 Å². The van der Waals surface area contributed by atoms with Crippen LogP contribution in [0.4, 0.5) is 8.78 Å². The zero-order chi connectivity index (χ0) is 15.6. The smallest absolute Gasteiger partial charge is 0.243 e. The van der Waals surface area contributed by atoms with E-state index in [0.29, 0.717) is 13.0 Å². The number of likely N-dealkylation sites (tertiary alicyclic amines) is 1. The maximum atomic E-state index is 13.8. The summed E-state index contributed by atoms with van der Waals surface area (Å²) in [5.74, 6) is -2.72. The summed E-state index contributed by atoms with van der Waals surface area (Å²) in [6.07, 6.45) is 1.48. The fourth-order valence-corrected chi connectivity index (χ4v) is 3.85. The van der Waals surface area contributed by atoms with Gasteiger partial charge in [0.25, 0.3) is 0 Å². The molecular formula is C13H18F2N2O3S. The van der Waals surface area contributed by atoms with Gasteiger partial charge in [-0.05, 0) is 44.1 Å². The molecule has 0 radical (unpaired) electrons. The minimum Gasteiger partial charge on any atom is -0.392 e. The molecule has 0 aromatic heterocycles. The van der Waals surface area contributed by atoms with Crippen LogP contribution in [0.5, 0.6) is 0 Å². The molecule has 8 heteroatoms. The standard InChI is InChI=1S/C13H18F2N2O3S/c1-17-4-2-3-10(7-17)16-21(19,20)12-6-9(8-18)5-11(14)13(12)15/h5-6,10,16,18H,2-4,7-8H2,1H3.